The third kappa shape index (κ3) is 6.33. The summed E-state index contributed by atoms with van der Waals surface area (Å²) in [7, 11) is 0. The summed E-state index contributed by atoms with van der Waals surface area (Å²) in [5.41, 5.74) is 1.60. The molecule has 1 amide bonds. The molecular formula is C15H22N2O3. The van der Waals surface area contributed by atoms with Crippen LogP contribution < -0.4 is 10.6 Å². The van der Waals surface area contributed by atoms with Crippen LogP contribution in [0.15, 0.2) is 24.3 Å². The van der Waals surface area contributed by atoms with E-state index in [0.717, 1.165) is 12.0 Å². The highest BCUT2D eigenvalue weighted by Gasteiger charge is 2.05. The number of carbonyl (C=O) groups is 2. The van der Waals surface area contributed by atoms with Crippen molar-refractivity contribution in [1.29, 1.82) is 0 Å². The van der Waals surface area contributed by atoms with E-state index in [1.165, 1.54) is 0 Å². The second-order valence-corrected chi connectivity index (χ2v) is 4.83. The highest BCUT2D eigenvalue weighted by atomic mass is 16.4. The van der Waals surface area contributed by atoms with Crippen molar-refractivity contribution >= 4 is 17.6 Å². The monoisotopic (exact) mass is 278 g/mol. The van der Waals surface area contributed by atoms with Gasteiger partial charge in [0.05, 0.1) is 6.54 Å². The van der Waals surface area contributed by atoms with E-state index < -0.39 is 5.97 Å². The molecule has 0 radical (unpaired) electrons. The smallest absolute Gasteiger partial charge is 0.303 e. The second kappa shape index (κ2) is 8.32. The van der Waals surface area contributed by atoms with Crippen LogP contribution in [-0.2, 0) is 16.0 Å². The van der Waals surface area contributed by atoms with Crippen LogP contribution in [0.2, 0.25) is 0 Å². The molecule has 1 atom stereocenters. The Labute approximate surface area is 119 Å². The highest BCUT2D eigenvalue weighted by Crippen LogP contribution is 2.12. The Hall–Kier alpha value is -1.88. The summed E-state index contributed by atoms with van der Waals surface area (Å²) in [6.07, 6.45) is 1.52. The first kappa shape index (κ1) is 16.2. The van der Waals surface area contributed by atoms with Crippen molar-refractivity contribution in [3.63, 3.8) is 0 Å². The normalized spacial score (nSPS) is 11.9. The fourth-order valence-electron chi connectivity index (χ4n) is 1.67. The minimum absolute atomic E-state index is 0.0902. The third-order valence-corrected chi connectivity index (χ3v) is 3.06. The molecule has 5 nitrogen and oxygen atoms in total. The summed E-state index contributed by atoms with van der Waals surface area (Å²) in [6.45, 7) is 4.36. The number of aliphatic carboxylic acids is 1. The Bertz CT molecular complexity index is 460. The number of rotatable bonds is 8. The third-order valence-electron chi connectivity index (χ3n) is 3.06. The van der Waals surface area contributed by atoms with Gasteiger partial charge in [0.1, 0.15) is 0 Å². The molecule has 1 unspecified atom stereocenters. The molecule has 0 saturated heterocycles. The molecule has 110 valence electrons. The van der Waals surface area contributed by atoms with Gasteiger partial charge in [-0.15, -0.1) is 0 Å². The van der Waals surface area contributed by atoms with Crippen molar-refractivity contribution < 1.29 is 14.7 Å². The van der Waals surface area contributed by atoms with Gasteiger partial charge in [-0.25, -0.2) is 0 Å². The number of nitrogens with one attached hydrogen (secondary N) is 2. The van der Waals surface area contributed by atoms with E-state index in [-0.39, 0.29) is 18.9 Å². The van der Waals surface area contributed by atoms with Crippen molar-refractivity contribution in [3.8, 4) is 0 Å². The fraction of sp³-hybridized carbons (Fsp3) is 0.467. The predicted octanol–water partition coefficient (Wildman–Crippen LogP) is 2.03. The number of carboxylic acid groups (broad SMARTS) is 1. The van der Waals surface area contributed by atoms with Gasteiger partial charge in [0.2, 0.25) is 5.91 Å². The van der Waals surface area contributed by atoms with Crippen molar-refractivity contribution in [2.24, 2.45) is 0 Å². The van der Waals surface area contributed by atoms with Crippen molar-refractivity contribution in [1.82, 2.24) is 5.32 Å². The quantitative estimate of drug-likeness (QED) is 0.680. The van der Waals surface area contributed by atoms with Gasteiger partial charge in [-0.2, -0.15) is 0 Å². The van der Waals surface area contributed by atoms with Crippen molar-refractivity contribution in [2.45, 2.75) is 39.2 Å². The number of carbonyl (C=O) groups excluding carboxylic acids is 1. The molecule has 1 aromatic carbocycles. The number of anilines is 1. The predicted molar refractivity (Wildman–Crippen MR) is 78.8 cm³/mol. The minimum Gasteiger partial charge on any atom is -0.481 e. The molecular weight excluding hydrogens is 256 g/mol. The molecule has 3 N–H and O–H groups in total. The van der Waals surface area contributed by atoms with Gasteiger partial charge < -0.3 is 15.7 Å². The van der Waals surface area contributed by atoms with Gasteiger partial charge in [0.15, 0.2) is 0 Å². The van der Waals surface area contributed by atoms with E-state index in [9.17, 15) is 9.59 Å². The molecule has 0 fully saturated rings. The number of carboxylic acids is 1. The maximum absolute atomic E-state index is 11.7. The lowest BCUT2D eigenvalue weighted by Crippen LogP contribution is -2.33. The maximum Gasteiger partial charge on any atom is 0.303 e. The Balaban J connectivity index is 2.48. The Morgan fingerprint density at radius 1 is 1.35 bits per heavy atom. The average Bonchev–Trinajstić information content (AvgIpc) is 2.43. The lowest BCUT2D eigenvalue weighted by molar-refractivity contribution is -0.137. The SMILES string of the molecule is CCC(C)NCC(=O)Nc1cccc(CCC(=O)O)c1. The van der Waals surface area contributed by atoms with E-state index in [4.69, 9.17) is 5.11 Å². The van der Waals surface area contributed by atoms with Crippen molar-refractivity contribution in [2.75, 3.05) is 11.9 Å². The Morgan fingerprint density at radius 2 is 2.10 bits per heavy atom. The maximum atomic E-state index is 11.7. The zero-order valence-corrected chi connectivity index (χ0v) is 12.0. The standard InChI is InChI=1S/C15H22N2O3/c1-3-11(2)16-10-14(18)17-13-6-4-5-12(9-13)7-8-15(19)20/h4-6,9,11,16H,3,7-8,10H2,1-2H3,(H,17,18)(H,19,20). The number of benzene rings is 1. The van der Waals surface area contributed by atoms with E-state index in [2.05, 4.69) is 17.6 Å². The lowest BCUT2D eigenvalue weighted by Gasteiger charge is -2.11. The first-order valence-corrected chi connectivity index (χ1v) is 6.85. The molecule has 0 aliphatic rings. The summed E-state index contributed by atoms with van der Waals surface area (Å²) in [4.78, 5) is 22.3. The average molecular weight is 278 g/mol. The van der Waals surface area contributed by atoms with Crippen LogP contribution in [0.4, 0.5) is 5.69 Å². The zero-order valence-electron chi connectivity index (χ0n) is 12.0. The molecule has 0 aliphatic heterocycles. The molecule has 0 aromatic heterocycles. The molecule has 0 bridgehead atoms. The first-order valence-electron chi connectivity index (χ1n) is 6.85. The summed E-state index contributed by atoms with van der Waals surface area (Å²) in [5, 5.41) is 14.6. The Kier molecular flexibility index (Phi) is 6.73. The van der Waals surface area contributed by atoms with Crippen molar-refractivity contribution in [3.05, 3.63) is 29.8 Å². The minimum atomic E-state index is -0.822. The van der Waals surface area contributed by atoms with E-state index in [0.29, 0.717) is 18.2 Å². The molecule has 1 rings (SSSR count). The van der Waals surface area contributed by atoms with Crippen LogP contribution in [0.3, 0.4) is 0 Å². The highest BCUT2D eigenvalue weighted by molar-refractivity contribution is 5.92. The van der Waals surface area contributed by atoms with Crippen LogP contribution >= 0.6 is 0 Å². The molecule has 0 saturated carbocycles. The van der Waals surface area contributed by atoms with Gasteiger partial charge in [-0.05, 0) is 37.5 Å². The number of hydrogen-bond donors (Lipinski definition) is 3. The number of amides is 1. The van der Waals surface area contributed by atoms with Gasteiger partial charge in [0.25, 0.3) is 0 Å². The zero-order chi connectivity index (χ0) is 15.0. The van der Waals surface area contributed by atoms with Gasteiger partial charge in [0, 0.05) is 18.2 Å². The number of aryl methyl sites for hydroxylation is 1. The van der Waals surface area contributed by atoms with E-state index in [1.54, 1.807) is 6.07 Å². The molecule has 20 heavy (non-hydrogen) atoms. The first-order chi connectivity index (χ1) is 9.51. The van der Waals surface area contributed by atoms with Crippen LogP contribution in [-0.4, -0.2) is 29.6 Å². The Morgan fingerprint density at radius 3 is 2.75 bits per heavy atom. The molecule has 5 heteroatoms. The summed E-state index contributed by atoms with van der Waals surface area (Å²) >= 11 is 0. The largest absolute Gasteiger partial charge is 0.481 e. The number of hydrogen-bond acceptors (Lipinski definition) is 3. The molecule has 0 heterocycles. The van der Waals surface area contributed by atoms with E-state index in [1.807, 2.05) is 25.1 Å². The molecule has 0 spiro atoms. The van der Waals surface area contributed by atoms with Crippen LogP contribution in [0, 0.1) is 0 Å². The summed E-state index contributed by atoms with van der Waals surface area (Å²) in [5.74, 6) is -0.919. The van der Waals surface area contributed by atoms with Crippen LogP contribution in [0.5, 0.6) is 0 Å². The molecule has 1 aromatic rings. The summed E-state index contributed by atoms with van der Waals surface area (Å²) < 4.78 is 0. The molecule has 0 aliphatic carbocycles. The van der Waals surface area contributed by atoms with E-state index >= 15 is 0 Å². The second-order valence-electron chi connectivity index (χ2n) is 4.83. The van der Waals surface area contributed by atoms with Gasteiger partial charge in [-0.1, -0.05) is 19.1 Å². The van der Waals surface area contributed by atoms with Gasteiger partial charge >= 0.3 is 5.97 Å². The van der Waals surface area contributed by atoms with Gasteiger partial charge in [-0.3, -0.25) is 9.59 Å². The van der Waals surface area contributed by atoms with Crippen LogP contribution in [0.25, 0.3) is 0 Å². The van der Waals surface area contributed by atoms with Crippen LogP contribution in [0.1, 0.15) is 32.3 Å². The topological polar surface area (TPSA) is 78.4 Å². The fourth-order valence-corrected chi connectivity index (χ4v) is 1.67. The summed E-state index contributed by atoms with van der Waals surface area (Å²) in [6, 6.07) is 7.59. The lowest BCUT2D eigenvalue weighted by atomic mass is 10.1.